The van der Waals surface area contributed by atoms with Crippen LogP contribution in [0, 0.1) is 5.92 Å². The topological polar surface area (TPSA) is 132 Å². The monoisotopic (exact) mass is 498 g/mol. The van der Waals surface area contributed by atoms with Crippen LogP contribution >= 0.6 is 11.6 Å². The number of ether oxygens (including phenoxy) is 2. The first kappa shape index (κ1) is 24.7. The number of hydrogen-bond donors (Lipinski definition) is 1. The molecule has 2 aromatic rings. The van der Waals surface area contributed by atoms with Gasteiger partial charge in [-0.15, -0.1) is 0 Å². The summed E-state index contributed by atoms with van der Waals surface area (Å²) in [6.45, 7) is 1.94. The van der Waals surface area contributed by atoms with Crippen molar-refractivity contribution in [1.82, 2.24) is 4.31 Å². The maximum absolute atomic E-state index is 12.8. The number of rotatable bonds is 7. The van der Waals surface area contributed by atoms with E-state index in [-0.39, 0.29) is 65.6 Å². The maximum Gasteiger partial charge on any atom is 0.374 e. The summed E-state index contributed by atoms with van der Waals surface area (Å²) in [7, 11) is -2.72. The molecule has 10 nitrogen and oxygen atoms in total. The van der Waals surface area contributed by atoms with Gasteiger partial charge in [0.15, 0.2) is 0 Å². The molecule has 12 heteroatoms. The lowest BCUT2D eigenvalue weighted by atomic mass is 9.97. The number of carbonyl (C=O) groups is 3. The van der Waals surface area contributed by atoms with Crippen LogP contribution in [0.15, 0.2) is 39.8 Å². The average Bonchev–Trinajstić information content (AvgIpc) is 3.31. The highest BCUT2D eigenvalue weighted by Crippen LogP contribution is 2.28. The Labute approximate surface area is 195 Å². The number of benzene rings is 1. The van der Waals surface area contributed by atoms with Gasteiger partial charge in [-0.2, -0.15) is 4.31 Å². The molecule has 0 saturated carbocycles. The third kappa shape index (κ3) is 5.55. The van der Waals surface area contributed by atoms with E-state index in [0.29, 0.717) is 0 Å². The molecule has 1 aromatic carbocycles. The Bertz CT molecular complexity index is 1150. The van der Waals surface area contributed by atoms with E-state index in [1.807, 2.05) is 0 Å². The Morgan fingerprint density at radius 2 is 1.85 bits per heavy atom. The van der Waals surface area contributed by atoms with Crippen molar-refractivity contribution in [2.24, 2.45) is 5.92 Å². The highest BCUT2D eigenvalue weighted by Gasteiger charge is 2.34. The second kappa shape index (κ2) is 10.4. The van der Waals surface area contributed by atoms with E-state index in [9.17, 15) is 22.8 Å². The molecule has 1 aliphatic rings. The summed E-state index contributed by atoms with van der Waals surface area (Å²) in [6, 6.07) is 6.83. The highest BCUT2D eigenvalue weighted by molar-refractivity contribution is 7.89. The number of piperidine rings is 1. The van der Waals surface area contributed by atoms with Crippen LogP contribution < -0.4 is 5.32 Å². The molecule has 0 aliphatic carbocycles. The molecular weight excluding hydrogens is 476 g/mol. The Hall–Kier alpha value is -2.89. The minimum atomic E-state index is -3.97. The Morgan fingerprint density at radius 3 is 2.48 bits per heavy atom. The first-order valence-electron chi connectivity index (χ1n) is 10.1. The fourth-order valence-corrected chi connectivity index (χ4v) is 4.90. The molecule has 33 heavy (non-hydrogen) atoms. The van der Waals surface area contributed by atoms with Gasteiger partial charge in [-0.05, 0) is 50.1 Å². The van der Waals surface area contributed by atoms with Gasteiger partial charge in [0.05, 0.1) is 30.0 Å². The Kier molecular flexibility index (Phi) is 7.77. The summed E-state index contributed by atoms with van der Waals surface area (Å²) in [4.78, 5) is 36.1. The molecule has 3 rings (SSSR count). The van der Waals surface area contributed by atoms with E-state index in [4.69, 9.17) is 20.8 Å². The molecule has 0 atom stereocenters. The second-order valence-electron chi connectivity index (χ2n) is 7.19. The van der Waals surface area contributed by atoms with Gasteiger partial charge in [-0.25, -0.2) is 18.0 Å². The van der Waals surface area contributed by atoms with E-state index in [1.54, 1.807) is 6.92 Å². The molecule has 0 radical (unpaired) electrons. The van der Waals surface area contributed by atoms with Gasteiger partial charge in [-0.1, -0.05) is 11.6 Å². The standard InChI is InChI=1S/C21H23ClN2O8S/c1-3-31-21(27)17-6-7-18(32-17)33(28,29)24-10-8-13(9-11-24)19(25)23-16-12-14(20(26)30-2)4-5-15(16)22/h4-7,12-13H,3,8-11H2,1-2H3,(H,23,25). The summed E-state index contributed by atoms with van der Waals surface area (Å²) in [5.41, 5.74) is 0.500. The van der Waals surface area contributed by atoms with Crippen molar-refractivity contribution >= 4 is 45.2 Å². The summed E-state index contributed by atoms with van der Waals surface area (Å²) in [5, 5.41) is 2.59. The summed E-state index contributed by atoms with van der Waals surface area (Å²) >= 11 is 6.12. The van der Waals surface area contributed by atoms with E-state index < -0.39 is 27.9 Å². The zero-order valence-corrected chi connectivity index (χ0v) is 19.6. The van der Waals surface area contributed by atoms with E-state index in [2.05, 4.69) is 10.1 Å². The first-order valence-corrected chi connectivity index (χ1v) is 11.9. The Morgan fingerprint density at radius 1 is 1.15 bits per heavy atom. The average molecular weight is 499 g/mol. The fraction of sp³-hybridized carbons (Fsp3) is 0.381. The van der Waals surface area contributed by atoms with Crippen LogP contribution in [0.2, 0.25) is 5.02 Å². The zero-order valence-electron chi connectivity index (χ0n) is 18.0. The van der Waals surface area contributed by atoms with Crippen molar-refractivity contribution in [3.8, 4) is 0 Å². The second-order valence-corrected chi connectivity index (χ2v) is 9.47. The quantitative estimate of drug-likeness (QED) is 0.576. The highest BCUT2D eigenvalue weighted by atomic mass is 35.5. The molecule has 1 N–H and O–H groups in total. The molecule has 178 valence electrons. The van der Waals surface area contributed by atoms with Gasteiger partial charge in [-0.3, -0.25) is 4.79 Å². The van der Waals surface area contributed by atoms with Crippen molar-refractivity contribution in [3.05, 3.63) is 46.7 Å². The molecule has 2 heterocycles. The van der Waals surface area contributed by atoms with E-state index >= 15 is 0 Å². The largest absolute Gasteiger partial charge is 0.465 e. The molecule has 1 aromatic heterocycles. The van der Waals surface area contributed by atoms with Crippen LogP contribution in [0.3, 0.4) is 0 Å². The number of amides is 1. The third-order valence-electron chi connectivity index (χ3n) is 5.12. The van der Waals surface area contributed by atoms with Crippen LogP contribution in [0.25, 0.3) is 0 Å². The number of esters is 2. The molecular formula is C21H23ClN2O8S. The summed E-state index contributed by atoms with van der Waals surface area (Å²) in [5.74, 6) is -2.30. The smallest absolute Gasteiger partial charge is 0.374 e. The van der Waals surface area contributed by atoms with Crippen molar-refractivity contribution in [1.29, 1.82) is 0 Å². The molecule has 1 amide bonds. The normalized spacial score (nSPS) is 15.1. The minimum absolute atomic E-state index is 0.0891. The number of methoxy groups -OCH3 is 1. The van der Waals surface area contributed by atoms with Gasteiger partial charge in [0.2, 0.25) is 16.8 Å². The zero-order chi connectivity index (χ0) is 24.2. The number of nitrogens with one attached hydrogen (secondary N) is 1. The van der Waals surface area contributed by atoms with Crippen LogP contribution in [-0.4, -0.2) is 57.4 Å². The van der Waals surface area contributed by atoms with Crippen LogP contribution in [-0.2, 0) is 24.3 Å². The lowest BCUT2D eigenvalue weighted by Gasteiger charge is -2.29. The van der Waals surface area contributed by atoms with Gasteiger partial charge in [0.1, 0.15) is 0 Å². The number of halogens is 1. The van der Waals surface area contributed by atoms with Crippen molar-refractivity contribution in [3.63, 3.8) is 0 Å². The number of hydrogen-bond acceptors (Lipinski definition) is 8. The SMILES string of the molecule is CCOC(=O)c1ccc(S(=O)(=O)N2CCC(C(=O)Nc3cc(C(=O)OC)ccc3Cl)CC2)o1. The number of carbonyl (C=O) groups excluding carboxylic acids is 3. The van der Waals surface area contributed by atoms with Gasteiger partial charge >= 0.3 is 11.9 Å². The first-order chi connectivity index (χ1) is 15.7. The predicted molar refractivity (Wildman–Crippen MR) is 118 cm³/mol. The van der Waals surface area contributed by atoms with Gasteiger partial charge in [0.25, 0.3) is 10.0 Å². The molecule has 1 aliphatic heterocycles. The molecule has 1 fully saturated rings. The molecule has 0 bridgehead atoms. The fourth-order valence-electron chi connectivity index (χ4n) is 3.36. The molecule has 0 unspecified atom stereocenters. The number of nitrogens with zero attached hydrogens (tertiary/aromatic N) is 1. The van der Waals surface area contributed by atoms with Gasteiger partial charge < -0.3 is 19.2 Å². The molecule has 1 saturated heterocycles. The number of furan rings is 1. The summed E-state index contributed by atoms with van der Waals surface area (Å²) < 4.78 is 41.5. The van der Waals surface area contributed by atoms with Crippen LogP contribution in [0.5, 0.6) is 0 Å². The minimum Gasteiger partial charge on any atom is -0.465 e. The van der Waals surface area contributed by atoms with Crippen molar-refractivity contribution in [2.75, 3.05) is 32.1 Å². The number of anilines is 1. The Balaban J connectivity index is 1.63. The predicted octanol–water partition coefficient (Wildman–Crippen LogP) is 2.94. The number of sulfonamides is 1. The lowest BCUT2D eigenvalue weighted by Crippen LogP contribution is -2.41. The van der Waals surface area contributed by atoms with Crippen molar-refractivity contribution < 1.29 is 36.7 Å². The van der Waals surface area contributed by atoms with Crippen molar-refractivity contribution in [2.45, 2.75) is 24.9 Å². The lowest BCUT2D eigenvalue weighted by molar-refractivity contribution is -0.120. The van der Waals surface area contributed by atoms with Crippen LogP contribution in [0.4, 0.5) is 5.69 Å². The van der Waals surface area contributed by atoms with Crippen LogP contribution in [0.1, 0.15) is 40.7 Å². The van der Waals surface area contributed by atoms with E-state index in [1.165, 1.54) is 41.7 Å². The van der Waals surface area contributed by atoms with E-state index in [0.717, 1.165) is 0 Å². The maximum atomic E-state index is 12.8. The third-order valence-corrected chi connectivity index (χ3v) is 7.22. The summed E-state index contributed by atoms with van der Waals surface area (Å²) in [6.07, 6.45) is 0.537. The molecule has 0 spiro atoms. The van der Waals surface area contributed by atoms with Gasteiger partial charge in [0, 0.05) is 19.0 Å².